The molecule has 0 atom stereocenters. The summed E-state index contributed by atoms with van der Waals surface area (Å²) in [6.45, 7) is 1.79. The molecule has 0 aliphatic heterocycles. The summed E-state index contributed by atoms with van der Waals surface area (Å²) in [5, 5.41) is 11.6. The second-order valence-corrected chi connectivity index (χ2v) is 4.95. The van der Waals surface area contributed by atoms with Crippen LogP contribution in [0.4, 0.5) is 4.39 Å². The van der Waals surface area contributed by atoms with Gasteiger partial charge < -0.3 is 15.2 Å². The predicted molar refractivity (Wildman–Crippen MR) is 80.8 cm³/mol. The van der Waals surface area contributed by atoms with Crippen LogP contribution in [0.15, 0.2) is 42.5 Å². The second kappa shape index (κ2) is 7.56. The molecule has 5 heteroatoms. The molecule has 0 spiro atoms. The third-order valence-corrected chi connectivity index (χ3v) is 3.20. The molecule has 0 aromatic heterocycles. The first-order chi connectivity index (χ1) is 10.6. The van der Waals surface area contributed by atoms with Crippen LogP contribution in [0.25, 0.3) is 0 Å². The van der Waals surface area contributed by atoms with Crippen molar-refractivity contribution in [1.29, 1.82) is 0 Å². The van der Waals surface area contributed by atoms with Gasteiger partial charge in [0.15, 0.2) is 6.61 Å². The summed E-state index contributed by atoms with van der Waals surface area (Å²) in [7, 11) is 0. The fourth-order valence-corrected chi connectivity index (χ4v) is 1.84. The topological polar surface area (TPSA) is 58.6 Å². The van der Waals surface area contributed by atoms with Crippen LogP contribution in [0.5, 0.6) is 5.75 Å². The molecule has 22 heavy (non-hydrogen) atoms. The highest BCUT2D eigenvalue weighted by Gasteiger charge is 2.04. The molecule has 0 unspecified atom stereocenters. The molecule has 2 aromatic carbocycles. The molecular weight excluding hydrogens is 285 g/mol. The summed E-state index contributed by atoms with van der Waals surface area (Å²) >= 11 is 0. The van der Waals surface area contributed by atoms with Crippen LogP contribution in [0.3, 0.4) is 0 Å². The van der Waals surface area contributed by atoms with Gasteiger partial charge in [-0.2, -0.15) is 0 Å². The average Bonchev–Trinajstić information content (AvgIpc) is 2.54. The van der Waals surface area contributed by atoms with Crippen molar-refractivity contribution in [3.05, 3.63) is 65.0 Å². The molecule has 4 nitrogen and oxygen atoms in total. The summed E-state index contributed by atoms with van der Waals surface area (Å²) < 4.78 is 18.7. The van der Waals surface area contributed by atoms with E-state index in [9.17, 15) is 9.18 Å². The van der Waals surface area contributed by atoms with Crippen molar-refractivity contribution in [2.24, 2.45) is 0 Å². The number of aliphatic hydroxyl groups is 1. The van der Waals surface area contributed by atoms with Crippen molar-refractivity contribution < 1.29 is 19.0 Å². The Morgan fingerprint density at radius 3 is 2.50 bits per heavy atom. The average molecular weight is 303 g/mol. The molecule has 0 heterocycles. The summed E-state index contributed by atoms with van der Waals surface area (Å²) in [5.41, 5.74) is 2.05. The number of aryl methyl sites for hydroxylation is 1. The highest BCUT2D eigenvalue weighted by atomic mass is 19.1. The van der Waals surface area contributed by atoms with Gasteiger partial charge in [-0.1, -0.05) is 24.3 Å². The number of halogens is 1. The third-order valence-electron chi connectivity index (χ3n) is 3.20. The molecular formula is C17H18FNO3. The van der Waals surface area contributed by atoms with Gasteiger partial charge in [-0.15, -0.1) is 0 Å². The number of aliphatic hydroxyl groups excluding tert-OH is 1. The maximum atomic E-state index is 13.4. The number of ether oxygens (including phenoxy) is 1. The Hall–Kier alpha value is -2.40. The van der Waals surface area contributed by atoms with Crippen molar-refractivity contribution in [1.82, 2.24) is 5.32 Å². The number of carbonyl (C=O) groups excluding carboxylic acids is 1. The van der Waals surface area contributed by atoms with Gasteiger partial charge in [0.05, 0.1) is 6.61 Å². The maximum absolute atomic E-state index is 13.4. The lowest BCUT2D eigenvalue weighted by Gasteiger charge is -2.08. The molecule has 0 radical (unpaired) electrons. The minimum absolute atomic E-state index is 0.0339. The van der Waals surface area contributed by atoms with E-state index < -0.39 is 0 Å². The zero-order valence-corrected chi connectivity index (χ0v) is 12.3. The van der Waals surface area contributed by atoms with E-state index >= 15 is 0 Å². The highest BCUT2D eigenvalue weighted by Crippen LogP contribution is 2.12. The normalized spacial score (nSPS) is 10.3. The van der Waals surface area contributed by atoms with Crippen LogP contribution in [0.1, 0.15) is 16.7 Å². The summed E-state index contributed by atoms with van der Waals surface area (Å²) in [5.74, 6) is -0.0204. The van der Waals surface area contributed by atoms with Gasteiger partial charge in [-0.25, -0.2) is 4.39 Å². The SMILES string of the molecule is Cc1ccc(CNC(=O)COc2ccc(CO)cc2)cc1F. The Morgan fingerprint density at radius 2 is 1.86 bits per heavy atom. The lowest BCUT2D eigenvalue weighted by Crippen LogP contribution is -2.28. The van der Waals surface area contributed by atoms with Crippen molar-refractivity contribution in [3.63, 3.8) is 0 Å². The molecule has 0 aliphatic carbocycles. The fourth-order valence-electron chi connectivity index (χ4n) is 1.84. The molecule has 116 valence electrons. The first-order valence-electron chi connectivity index (χ1n) is 6.93. The first kappa shape index (κ1) is 16.0. The van der Waals surface area contributed by atoms with E-state index in [-0.39, 0.29) is 31.5 Å². The van der Waals surface area contributed by atoms with Crippen molar-refractivity contribution in [2.75, 3.05) is 6.61 Å². The number of carbonyl (C=O) groups is 1. The smallest absolute Gasteiger partial charge is 0.258 e. The molecule has 0 saturated carbocycles. The van der Waals surface area contributed by atoms with E-state index in [0.717, 1.165) is 5.56 Å². The van der Waals surface area contributed by atoms with E-state index in [0.29, 0.717) is 16.9 Å². The Bertz CT molecular complexity index is 641. The fraction of sp³-hybridized carbons (Fsp3) is 0.235. The number of rotatable bonds is 6. The zero-order valence-electron chi connectivity index (χ0n) is 12.3. The lowest BCUT2D eigenvalue weighted by molar-refractivity contribution is -0.123. The van der Waals surface area contributed by atoms with Gasteiger partial charge in [0.25, 0.3) is 5.91 Å². The largest absolute Gasteiger partial charge is 0.484 e. The maximum Gasteiger partial charge on any atom is 0.258 e. The summed E-state index contributed by atoms with van der Waals surface area (Å²) in [4.78, 5) is 11.7. The number of nitrogens with one attached hydrogen (secondary N) is 1. The van der Waals surface area contributed by atoms with Crippen molar-refractivity contribution in [3.8, 4) is 5.75 Å². The van der Waals surface area contributed by atoms with E-state index in [1.807, 2.05) is 0 Å². The lowest BCUT2D eigenvalue weighted by atomic mass is 10.1. The summed E-state index contributed by atoms with van der Waals surface area (Å²) in [6.07, 6.45) is 0. The molecule has 2 N–H and O–H groups in total. The van der Waals surface area contributed by atoms with Crippen LogP contribution in [-0.4, -0.2) is 17.6 Å². The molecule has 2 rings (SSSR count). The molecule has 0 saturated heterocycles. The Morgan fingerprint density at radius 1 is 1.18 bits per heavy atom. The number of amides is 1. The quantitative estimate of drug-likeness (QED) is 0.861. The zero-order chi connectivity index (χ0) is 15.9. The predicted octanol–water partition coefficient (Wildman–Crippen LogP) is 2.32. The molecule has 0 aliphatic rings. The third kappa shape index (κ3) is 4.56. The molecule has 0 fully saturated rings. The van der Waals surface area contributed by atoms with Gasteiger partial charge in [0.2, 0.25) is 0 Å². The van der Waals surface area contributed by atoms with E-state index in [1.54, 1.807) is 43.3 Å². The van der Waals surface area contributed by atoms with Gasteiger partial charge in [0, 0.05) is 6.54 Å². The van der Waals surface area contributed by atoms with E-state index in [2.05, 4.69) is 5.32 Å². The van der Waals surface area contributed by atoms with E-state index in [1.165, 1.54) is 6.07 Å². The first-order valence-corrected chi connectivity index (χ1v) is 6.93. The van der Waals surface area contributed by atoms with Crippen molar-refractivity contribution >= 4 is 5.91 Å². The summed E-state index contributed by atoms with van der Waals surface area (Å²) in [6, 6.07) is 11.7. The van der Waals surface area contributed by atoms with Gasteiger partial charge in [-0.05, 0) is 41.8 Å². The Kier molecular flexibility index (Phi) is 5.49. The Labute approximate surface area is 128 Å². The van der Waals surface area contributed by atoms with Crippen LogP contribution in [0.2, 0.25) is 0 Å². The standard InChI is InChI=1S/C17H18FNO3/c1-12-2-3-14(8-16(12)18)9-19-17(21)11-22-15-6-4-13(10-20)5-7-15/h2-8,20H,9-11H2,1H3,(H,19,21). The Balaban J connectivity index is 1.78. The van der Waals surface area contributed by atoms with Gasteiger partial charge in [-0.3, -0.25) is 4.79 Å². The van der Waals surface area contributed by atoms with Gasteiger partial charge in [0.1, 0.15) is 11.6 Å². The molecule has 0 bridgehead atoms. The number of hydrogen-bond donors (Lipinski definition) is 2. The monoisotopic (exact) mass is 303 g/mol. The van der Waals surface area contributed by atoms with Crippen LogP contribution >= 0.6 is 0 Å². The molecule has 1 amide bonds. The minimum Gasteiger partial charge on any atom is -0.484 e. The van der Waals surface area contributed by atoms with Crippen LogP contribution < -0.4 is 10.1 Å². The number of hydrogen-bond acceptors (Lipinski definition) is 3. The number of benzene rings is 2. The van der Waals surface area contributed by atoms with Crippen LogP contribution in [0, 0.1) is 12.7 Å². The minimum atomic E-state index is -0.285. The van der Waals surface area contributed by atoms with Crippen LogP contribution in [-0.2, 0) is 17.9 Å². The van der Waals surface area contributed by atoms with E-state index in [4.69, 9.17) is 9.84 Å². The highest BCUT2D eigenvalue weighted by molar-refractivity contribution is 5.77. The van der Waals surface area contributed by atoms with Crippen molar-refractivity contribution in [2.45, 2.75) is 20.1 Å². The molecule has 2 aromatic rings. The van der Waals surface area contributed by atoms with Gasteiger partial charge >= 0.3 is 0 Å². The second-order valence-electron chi connectivity index (χ2n) is 4.95.